The van der Waals surface area contributed by atoms with Crippen molar-refractivity contribution in [3.63, 3.8) is 0 Å². The van der Waals surface area contributed by atoms with Gasteiger partial charge in [0, 0.05) is 19.3 Å². The Morgan fingerprint density at radius 2 is 2.05 bits per heavy atom. The van der Waals surface area contributed by atoms with E-state index in [0.29, 0.717) is 19.8 Å². The van der Waals surface area contributed by atoms with Crippen LogP contribution in [0.15, 0.2) is 0 Å². The molecule has 124 valence electrons. The second-order valence-corrected chi connectivity index (χ2v) is 7.77. The first kappa shape index (κ1) is 15.6. The van der Waals surface area contributed by atoms with Crippen molar-refractivity contribution < 1.29 is 40.4 Å². The highest BCUT2D eigenvalue weighted by atomic mass is 32.2. The molecule has 0 N–H and O–H groups in total. The molecule has 3 rings (SSSR count). The van der Waals surface area contributed by atoms with Crippen LogP contribution in [0.3, 0.4) is 0 Å². The minimum atomic E-state index is -3.79. The second kappa shape index (κ2) is 4.60. The number of alkyl halides is 2. The van der Waals surface area contributed by atoms with Gasteiger partial charge in [-0.25, -0.2) is 13.8 Å². The summed E-state index contributed by atoms with van der Waals surface area (Å²) in [5, 5.41) is -0.693. The van der Waals surface area contributed by atoms with Crippen LogP contribution in [-0.4, -0.2) is 43.9 Å². The monoisotopic (exact) mass is 340 g/mol. The lowest BCUT2D eigenvalue weighted by Gasteiger charge is -2.28. The number of carbonyl (C=O) groups is 2. The minimum absolute atomic E-state index is 0.0857. The van der Waals surface area contributed by atoms with Crippen LogP contribution in [0.5, 0.6) is 0 Å². The van der Waals surface area contributed by atoms with E-state index in [1.807, 2.05) is 0 Å². The van der Waals surface area contributed by atoms with Gasteiger partial charge in [-0.05, 0) is 18.8 Å². The fourth-order valence-corrected chi connectivity index (χ4v) is 5.54. The number of hydrogen-bond donors (Lipinski definition) is 0. The number of ether oxygens (including phenoxy) is 2. The molecule has 3 fully saturated rings. The average molecular weight is 340 g/mol. The summed E-state index contributed by atoms with van der Waals surface area (Å²) in [6, 6.07) is 0. The Hall–Kier alpha value is -1.29. The minimum Gasteiger partial charge on any atom is -0.449 e. The first-order valence-corrected chi connectivity index (χ1v) is 8.22. The Labute approximate surface area is 125 Å². The van der Waals surface area contributed by atoms with E-state index < -0.39 is 51.5 Å². The van der Waals surface area contributed by atoms with E-state index in [1.165, 1.54) is 0 Å². The van der Waals surface area contributed by atoms with Crippen LogP contribution in [0.25, 0.3) is 0 Å². The standard InChI is InChI=1S/C12H14F2O7S/c1-11(13,14)10(16)19-5-9(15)20-12-4-6-2-7(12)8(3-6)22(17,18)21-12/h6-8H,2-5H2,1H3. The molecule has 0 aromatic carbocycles. The highest BCUT2D eigenvalue weighted by Gasteiger charge is 2.70. The SMILES string of the molecule is CC(F)(F)C(=O)OCC(=O)OC12CC3CC1C(C3)S(=O)(=O)O2. The normalized spacial score (nSPS) is 38.0. The zero-order valence-electron chi connectivity index (χ0n) is 11.6. The summed E-state index contributed by atoms with van der Waals surface area (Å²) in [5.74, 6) is -8.61. The Morgan fingerprint density at radius 1 is 1.36 bits per heavy atom. The van der Waals surface area contributed by atoms with Gasteiger partial charge in [-0.15, -0.1) is 0 Å². The number of fused-ring (bicyclic) bond motifs is 1. The first-order chi connectivity index (χ1) is 10.0. The number of esters is 2. The van der Waals surface area contributed by atoms with Gasteiger partial charge in [0.2, 0.25) is 5.79 Å². The van der Waals surface area contributed by atoms with Crippen LogP contribution < -0.4 is 0 Å². The number of rotatable bonds is 4. The molecule has 4 unspecified atom stereocenters. The predicted molar refractivity (Wildman–Crippen MR) is 65.0 cm³/mol. The third kappa shape index (κ3) is 2.37. The molecule has 10 heteroatoms. The van der Waals surface area contributed by atoms with Gasteiger partial charge >= 0.3 is 17.9 Å². The topological polar surface area (TPSA) is 96.0 Å². The number of halogens is 2. The van der Waals surface area contributed by atoms with Crippen molar-refractivity contribution in [3.8, 4) is 0 Å². The van der Waals surface area contributed by atoms with Gasteiger partial charge in [-0.2, -0.15) is 17.2 Å². The lowest BCUT2D eigenvalue weighted by molar-refractivity contribution is -0.210. The number of hydrogen-bond acceptors (Lipinski definition) is 7. The molecule has 1 saturated heterocycles. The third-order valence-electron chi connectivity index (χ3n) is 4.33. The predicted octanol–water partition coefficient (Wildman–Crippen LogP) is 0.583. The first-order valence-electron chi connectivity index (χ1n) is 6.75. The summed E-state index contributed by atoms with van der Waals surface area (Å²) in [6.07, 6.45) is 1.30. The van der Waals surface area contributed by atoms with Crippen LogP contribution in [0.4, 0.5) is 8.78 Å². The summed E-state index contributed by atoms with van der Waals surface area (Å²) < 4.78 is 63.2. The lowest BCUT2D eigenvalue weighted by Crippen LogP contribution is -2.41. The van der Waals surface area contributed by atoms with Crippen LogP contribution in [0, 0.1) is 11.8 Å². The van der Waals surface area contributed by atoms with Crippen molar-refractivity contribution >= 4 is 22.1 Å². The molecule has 1 heterocycles. The molecule has 7 nitrogen and oxygen atoms in total. The van der Waals surface area contributed by atoms with Gasteiger partial charge in [-0.1, -0.05) is 0 Å². The Kier molecular flexibility index (Phi) is 3.27. The molecule has 0 radical (unpaired) electrons. The van der Waals surface area contributed by atoms with Crippen molar-refractivity contribution in [2.45, 2.75) is 43.1 Å². The van der Waals surface area contributed by atoms with Crippen molar-refractivity contribution in [1.82, 2.24) is 0 Å². The molecule has 1 aliphatic heterocycles. The van der Waals surface area contributed by atoms with Gasteiger partial charge < -0.3 is 9.47 Å². The molecular formula is C12H14F2O7S. The zero-order valence-corrected chi connectivity index (χ0v) is 12.4. The summed E-state index contributed by atoms with van der Waals surface area (Å²) in [4.78, 5) is 22.6. The van der Waals surface area contributed by atoms with E-state index in [1.54, 1.807) is 0 Å². The van der Waals surface area contributed by atoms with Gasteiger partial charge in [0.1, 0.15) is 0 Å². The highest BCUT2D eigenvalue weighted by molar-refractivity contribution is 7.87. The third-order valence-corrected chi connectivity index (χ3v) is 6.11. The fraction of sp³-hybridized carbons (Fsp3) is 0.833. The van der Waals surface area contributed by atoms with Crippen LogP contribution >= 0.6 is 0 Å². The summed E-state index contributed by atoms with van der Waals surface area (Å²) in [7, 11) is -3.79. The molecule has 0 amide bonds. The van der Waals surface area contributed by atoms with Crippen LogP contribution in [0.1, 0.15) is 26.2 Å². The van der Waals surface area contributed by atoms with Gasteiger partial charge in [0.25, 0.3) is 10.1 Å². The summed E-state index contributed by atoms with van der Waals surface area (Å²) >= 11 is 0. The molecule has 2 aliphatic carbocycles. The molecule has 2 saturated carbocycles. The Bertz CT molecular complexity index is 626. The van der Waals surface area contributed by atoms with E-state index in [2.05, 4.69) is 4.74 Å². The zero-order chi connectivity index (χ0) is 16.3. The maximum Gasteiger partial charge on any atom is 0.377 e. The molecule has 0 spiro atoms. The second-order valence-electron chi connectivity index (χ2n) is 6.01. The van der Waals surface area contributed by atoms with Crippen LogP contribution in [0.2, 0.25) is 0 Å². The fourth-order valence-electron chi connectivity index (χ4n) is 3.56. The summed E-state index contributed by atoms with van der Waals surface area (Å²) in [6.45, 7) is -0.679. The van der Waals surface area contributed by atoms with E-state index in [4.69, 9.17) is 8.92 Å². The van der Waals surface area contributed by atoms with E-state index in [0.717, 1.165) is 0 Å². The Balaban J connectivity index is 1.64. The van der Waals surface area contributed by atoms with Gasteiger partial charge in [0.15, 0.2) is 6.61 Å². The van der Waals surface area contributed by atoms with E-state index >= 15 is 0 Å². The smallest absolute Gasteiger partial charge is 0.377 e. The summed E-state index contributed by atoms with van der Waals surface area (Å²) in [5.41, 5.74) is 0. The van der Waals surface area contributed by atoms with E-state index in [9.17, 15) is 26.8 Å². The van der Waals surface area contributed by atoms with Crippen molar-refractivity contribution in [2.24, 2.45) is 11.8 Å². The highest BCUT2D eigenvalue weighted by Crippen LogP contribution is 2.60. The van der Waals surface area contributed by atoms with E-state index in [-0.39, 0.29) is 12.3 Å². The molecule has 3 aliphatic rings. The largest absolute Gasteiger partial charge is 0.449 e. The lowest BCUT2D eigenvalue weighted by atomic mass is 9.94. The maximum atomic E-state index is 12.6. The molecular weight excluding hydrogens is 326 g/mol. The van der Waals surface area contributed by atoms with Crippen molar-refractivity contribution in [2.75, 3.05) is 6.61 Å². The van der Waals surface area contributed by atoms with Gasteiger partial charge in [-0.3, -0.25) is 0 Å². The molecule has 4 atom stereocenters. The van der Waals surface area contributed by atoms with Crippen LogP contribution in [-0.2, 0) is 33.4 Å². The van der Waals surface area contributed by atoms with Gasteiger partial charge in [0.05, 0.1) is 5.25 Å². The molecule has 0 aromatic heterocycles. The Morgan fingerprint density at radius 3 is 2.64 bits per heavy atom. The van der Waals surface area contributed by atoms with Crippen molar-refractivity contribution in [3.05, 3.63) is 0 Å². The molecule has 0 aromatic rings. The molecule has 2 bridgehead atoms. The average Bonchev–Trinajstić information content (AvgIpc) is 2.93. The molecule has 22 heavy (non-hydrogen) atoms. The maximum absolute atomic E-state index is 12.6. The van der Waals surface area contributed by atoms with Crippen molar-refractivity contribution in [1.29, 1.82) is 0 Å². The quantitative estimate of drug-likeness (QED) is 0.546. The number of carbonyl (C=O) groups excluding carboxylic acids is 2.